The molecule has 0 spiro atoms. The standard InChI is InChI=1S/C18H23N5O3/c1-19-11-8-9-22(10-11)12-4-3-5-13-16(12)21(2)18(26)23(13)14-6-7-15(24)20-17(14)25/h3-5,11,14,19H,6-10H2,1-2H3,(H,20,24,25). The van der Waals surface area contributed by atoms with Crippen molar-refractivity contribution in [3.05, 3.63) is 28.7 Å². The van der Waals surface area contributed by atoms with Crippen LogP contribution in [0.15, 0.2) is 23.0 Å². The van der Waals surface area contributed by atoms with E-state index in [-0.39, 0.29) is 18.0 Å². The Balaban J connectivity index is 1.83. The van der Waals surface area contributed by atoms with Gasteiger partial charge in [0.1, 0.15) is 6.04 Å². The minimum atomic E-state index is -0.650. The third kappa shape index (κ3) is 2.52. The molecule has 26 heavy (non-hydrogen) atoms. The molecule has 4 rings (SSSR count). The SMILES string of the molecule is CNC1CCN(c2cccc3c2n(C)c(=O)n3C2CCC(=O)NC2=O)C1. The molecule has 2 aliphatic rings. The molecule has 3 heterocycles. The molecular formula is C18H23N5O3. The predicted octanol–water partition coefficient (Wildman–Crippen LogP) is 0.116. The molecule has 2 aliphatic heterocycles. The van der Waals surface area contributed by atoms with Gasteiger partial charge in [-0.15, -0.1) is 0 Å². The number of aromatic nitrogens is 2. The van der Waals surface area contributed by atoms with Gasteiger partial charge in [-0.1, -0.05) is 6.07 Å². The molecule has 0 saturated carbocycles. The fourth-order valence-electron chi connectivity index (χ4n) is 4.12. The van der Waals surface area contributed by atoms with Gasteiger partial charge in [0.25, 0.3) is 0 Å². The number of aryl methyl sites for hydroxylation is 1. The third-order valence-electron chi connectivity index (χ3n) is 5.54. The van der Waals surface area contributed by atoms with Crippen LogP contribution in [0.25, 0.3) is 11.0 Å². The highest BCUT2D eigenvalue weighted by Crippen LogP contribution is 2.31. The molecule has 8 nitrogen and oxygen atoms in total. The first-order valence-electron chi connectivity index (χ1n) is 8.97. The van der Waals surface area contributed by atoms with E-state index < -0.39 is 11.9 Å². The molecule has 2 atom stereocenters. The van der Waals surface area contributed by atoms with E-state index in [1.165, 1.54) is 4.57 Å². The topological polar surface area (TPSA) is 88.4 Å². The van der Waals surface area contributed by atoms with Crippen molar-refractivity contribution in [1.29, 1.82) is 0 Å². The van der Waals surface area contributed by atoms with Gasteiger partial charge in [0, 0.05) is 32.6 Å². The number of para-hydroxylation sites is 1. The average molecular weight is 357 g/mol. The number of rotatable bonds is 3. The van der Waals surface area contributed by atoms with Crippen LogP contribution in [0.2, 0.25) is 0 Å². The zero-order chi connectivity index (χ0) is 18.4. The minimum absolute atomic E-state index is 0.230. The van der Waals surface area contributed by atoms with Gasteiger partial charge in [-0.05, 0) is 32.0 Å². The number of fused-ring (bicyclic) bond motifs is 1. The number of hydrogen-bond acceptors (Lipinski definition) is 5. The number of carbonyl (C=O) groups excluding carboxylic acids is 2. The Labute approximate surface area is 150 Å². The summed E-state index contributed by atoms with van der Waals surface area (Å²) in [5.74, 6) is -0.687. The van der Waals surface area contributed by atoms with Crippen molar-refractivity contribution < 1.29 is 9.59 Å². The molecule has 2 amide bonds. The van der Waals surface area contributed by atoms with Crippen LogP contribution in [-0.2, 0) is 16.6 Å². The second-order valence-electron chi connectivity index (χ2n) is 7.04. The van der Waals surface area contributed by atoms with Crippen LogP contribution in [0.5, 0.6) is 0 Å². The van der Waals surface area contributed by atoms with E-state index in [0.29, 0.717) is 12.5 Å². The van der Waals surface area contributed by atoms with Crippen molar-refractivity contribution in [1.82, 2.24) is 19.8 Å². The monoisotopic (exact) mass is 357 g/mol. The Kier molecular flexibility index (Phi) is 4.07. The number of piperidine rings is 1. The van der Waals surface area contributed by atoms with Crippen molar-refractivity contribution in [3.8, 4) is 0 Å². The number of nitrogens with zero attached hydrogens (tertiary/aromatic N) is 3. The van der Waals surface area contributed by atoms with Gasteiger partial charge in [0.15, 0.2) is 0 Å². The molecule has 0 bridgehead atoms. The number of anilines is 1. The summed E-state index contributed by atoms with van der Waals surface area (Å²) in [5, 5.41) is 5.65. The van der Waals surface area contributed by atoms with Gasteiger partial charge in [-0.2, -0.15) is 0 Å². The summed E-state index contributed by atoms with van der Waals surface area (Å²) in [7, 11) is 3.70. The molecule has 138 valence electrons. The van der Waals surface area contributed by atoms with Gasteiger partial charge >= 0.3 is 5.69 Å². The number of amides is 2. The van der Waals surface area contributed by atoms with Crippen molar-refractivity contribution in [2.45, 2.75) is 31.3 Å². The lowest BCUT2D eigenvalue weighted by molar-refractivity contribution is -0.135. The number of carbonyl (C=O) groups is 2. The van der Waals surface area contributed by atoms with Crippen LogP contribution in [0.1, 0.15) is 25.3 Å². The lowest BCUT2D eigenvalue weighted by atomic mass is 10.1. The summed E-state index contributed by atoms with van der Waals surface area (Å²) in [5.41, 5.74) is 2.34. The van der Waals surface area contributed by atoms with Gasteiger partial charge < -0.3 is 10.2 Å². The zero-order valence-corrected chi connectivity index (χ0v) is 15.0. The van der Waals surface area contributed by atoms with Crippen LogP contribution in [0, 0.1) is 0 Å². The second kappa shape index (κ2) is 6.28. The summed E-state index contributed by atoms with van der Waals surface area (Å²) in [6.07, 6.45) is 1.64. The normalized spacial score (nSPS) is 23.7. The first kappa shape index (κ1) is 16.8. The van der Waals surface area contributed by atoms with Crippen LogP contribution < -0.4 is 21.2 Å². The highest BCUT2D eigenvalue weighted by Gasteiger charge is 2.32. The van der Waals surface area contributed by atoms with E-state index in [1.54, 1.807) is 11.6 Å². The average Bonchev–Trinajstić information content (AvgIpc) is 3.20. The van der Waals surface area contributed by atoms with E-state index >= 15 is 0 Å². The van der Waals surface area contributed by atoms with E-state index in [2.05, 4.69) is 15.5 Å². The fraction of sp³-hybridized carbons (Fsp3) is 0.500. The number of likely N-dealkylation sites (N-methyl/N-ethyl adjacent to an activating group) is 1. The number of hydrogen-bond donors (Lipinski definition) is 2. The lowest BCUT2D eigenvalue weighted by Gasteiger charge is -2.22. The summed E-state index contributed by atoms with van der Waals surface area (Å²) < 4.78 is 3.15. The summed E-state index contributed by atoms with van der Waals surface area (Å²) in [6.45, 7) is 1.80. The van der Waals surface area contributed by atoms with Gasteiger partial charge in [0.05, 0.1) is 16.7 Å². The maximum absolute atomic E-state index is 12.9. The van der Waals surface area contributed by atoms with Crippen LogP contribution in [0.4, 0.5) is 5.69 Å². The molecule has 1 aromatic carbocycles. The molecule has 2 aromatic rings. The number of imidazole rings is 1. The van der Waals surface area contributed by atoms with Gasteiger partial charge in [-0.3, -0.25) is 24.0 Å². The van der Waals surface area contributed by atoms with E-state index in [1.807, 2.05) is 25.2 Å². The third-order valence-corrected chi connectivity index (χ3v) is 5.54. The molecule has 2 fully saturated rings. The van der Waals surface area contributed by atoms with Crippen molar-refractivity contribution in [2.24, 2.45) is 7.05 Å². The molecule has 8 heteroatoms. The molecule has 1 aromatic heterocycles. The highest BCUT2D eigenvalue weighted by atomic mass is 16.2. The second-order valence-corrected chi connectivity index (χ2v) is 7.04. The molecule has 2 unspecified atom stereocenters. The van der Waals surface area contributed by atoms with Gasteiger partial charge in [-0.25, -0.2) is 4.79 Å². The number of imide groups is 1. The van der Waals surface area contributed by atoms with Gasteiger partial charge in [0.2, 0.25) is 11.8 Å². The predicted molar refractivity (Wildman–Crippen MR) is 98.3 cm³/mol. The largest absolute Gasteiger partial charge is 0.368 e. The Bertz CT molecular complexity index is 944. The smallest absolute Gasteiger partial charge is 0.329 e. The number of benzene rings is 1. The summed E-state index contributed by atoms with van der Waals surface area (Å²) in [6, 6.07) is 5.60. The molecule has 2 saturated heterocycles. The Morgan fingerprint density at radius 2 is 2.00 bits per heavy atom. The molecule has 2 N–H and O–H groups in total. The minimum Gasteiger partial charge on any atom is -0.368 e. The lowest BCUT2D eigenvalue weighted by Crippen LogP contribution is -2.44. The quantitative estimate of drug-likeness (QED) is 0.762. The summed E-state index contributed by atoms with van der Waals surface area (Å²) >= 11 is 0. The Morgan fingerprint density at radius 3 is 2.69 bits per heavy atom. The number of nitrogens with one attached hydrogen (secondary N) is 2. The van der Waals surface area contributed by atoms with Crippen LogP contribution >= 0.6 is 0 Å². The van der Waals surface area contributed by atoms with Crippen LogP contribution in [-0.4, -0.2) is 47.1 Å². The maximum atomic E-state index is 12.9. The van der Waals surface area contributed by atoms with E-state index in [4.69, 9.17) is 0 Å². The first-order chi connectivity index (χ1) is 12.5. The van der Waals surface area contributed by atoms with Crippen LogP contribution in [0.3, 0.4) is 0 Å². The van der Waals surface area contributed by atoms with Crippen molar-refractivity contribution in [3.63, 3.8) is 0 Å². The van der Waals surface area contributed by atoms with E-state index in [0.717, 1.165) is 36.2 Å². The fourth-order valence-corrected chi connectivity index (χ4v) is 4.12. The molecule has 0 radical (unpaired) electrons. The van der Waals surface area contributed by atoms with Crippen molar-refractivity contribution >= 4 is 28.5 Å². The zero-order valence-electron chi connectivity index (χ0n) is 15.0. The summed E-state index contributed by atoms with van der Waals surface area (Å²) in [4.78, 5) is 39.0. The Hall–Kier alpha value is -2.61. The van der Waals surface area contributed by atoms with E-state index in [9.17, 15) is 14.4 Å². The highest BCUT2D eigenvalue weighted by molar-refractivity contribution is 6.00. The maximum Gasteiger partial charge on any atom is 0.329 e. The first-order valence-corrected chi connectivity index (χ1v) is 8.97. The molecule has 0 aliphatic carbocycles. The van der Waals surface area contributed by atoms with Crippen molar-refractivity contribution in [2.75, 3.05) is 25.0 Å². The Morgan fingerprint density at radius 1 is 1.19 bits per heavy atom. The molecular weight excluding hydrogens is 334 g/mol.